The van der Waals surface area contributed by atoms with E-state index in [4.69, 9.17) is 10.5 Å². The Kier molecular flexibility index (Phi) is 3.36. The summed E-state index contributed by atoms with van der Waals surface area (Å²) in [6, 6.07) is 14.9. The molecule has 2 aromatic rings. The van der Waals surface area contributed by atoms with Gasteiger partial charge >= 0.3 is 0 Å². The number of ether oxygens (including phenoxy) is 1. The fraction of sp³-hybridized carbons (Fsp3) is 0.294. The standard InChI is InChI=1S/C17H20N2O/c1-12-5-3-8-15-16(12)11-19(17(15)10-18)13-6-4-7-14(9-13)20-2/h3-9,17H,10-11,18H2,1-2H3. The van der Waals surface area contributed by atoms with Gasteiger partial charge in [-0.15, -0.1) is 0 Å². The fourth-order valence-corrected chi connectivity index (χ4v) is 3.02. The SMILES string of the molecule is COc1cccc(N2Cc3c(C)cccc3C2CN)c1. The van der Waals surface area contributed by atoms with Crippen molar-refractivity contribution in [2.45, 2.75) is 19.5 Å². The molecule has 104 valence electrons. The second kappa shape index (κ2) is 5.17. The maximum atomic E-state index is 6.02. The van der Waals surface area contributed by atoms with E-state index in [1.807, 2.05) is 12.1 Å². The molecule has 3 heteroatoms. The number of aryl methyl sites for hydroxylation is 1. The van der Waals surface area contributed by atoms with E-state index in [1.165, 1.54) is 16.7 Å². The average Bonchev–Trinajstić information content (AvgIpc) is 2.87. The molecule has 0 aromatic heterocycles. The monoisotopic (exact) mass is 268 g/mol. The summed E-state index contributed by atoms with van der Waals surface area (Å²) in [7, 11) is 1.70. The smallest absolute Gasteiger partial charge is 0.120 e. The number of rotatable bonds is 3. The molecule has 2 aromatic carbocycles. The van der Waals surface area contributed by atoms with Crippen LogP contribution in [0.3, 0.4) is 0 Å². The first-order valence-corrected chi connectivity index (χ1v) is 6.93. The molecule has 1 aliphatic heterocycles. The zero-order chi connectivity index (χ0) is 14.1. The molecule has 3 rings (SSSR count). The zero-order valence-corrected chi connectivity index (χ0v) is 12.0. The summed E-state index contributed by atoms with van der Waals surface area (Å²) < 4.78 is 5.33. The van der Waals surface area contributed by atoms with Gasteiger partial charge in [-0.05, 0) is 35.7 Å². The predicted molar refractivity (Wildman–Crippen MR) is 82.2 cm³/mol. The minimum atomic E-state index is 0.247. The van der Waals surface area contributed by atoms with Crippen LogP contribution in [0.25, 0.3) is 0 Å². The second-order valence-corrected chi connectivity index (χ2v) is 5.22. The molecule has 0 saturated carbocycles. The maximum Gasteiger partial charge on any atom is 0.120 e. The zero-order valence-electron chi connectivity index (χ0n) is 12.0. The van der Waals surface area contributed by atoms with Crippen molar-refractivity contribution in [3.05, 3.63) is 59.2 Å². The van der Waals surface area contributed by atoms with Crippen molar-refractivity contribution in [3.63, 3.8) is 0 Å². The lowest BCUT2D eigenvalue weighted by Crippen LogP contribution is -2.27. The number of hydrogen-bond acceptors (Lipinski definition) is 3. The van der Waals surface area contributed by atoms with Gasteiger partial charge in [0.15, 0.2) is 0 Å². The number of benzene rings is 2. The average molecular weight is 268 g/mol. The second-order valence-electron chi connectivity index (χ2n) is 5.22. The summed E-state index contributed by atoms with van der Waals surface area (Å²) in [6.45, 7) is 3.70. The van der Waals surface area contributed by atoms with E-state index < -0.39 is 0 Å². The highest BCUT2D eigenvalue weighted by Gasteiger charge is 2.30. The molecule has 1 heterocycles. The lowest BCUT2D eigenvalue weighted by atomic mass is 10.0. The first-order valence-electron chi connectivity index (χ1n) is 6.93. The molecule has 0 spiro atoms. The molecule has 20 heavy (non-hydrogen) atoms. The van der Waals surface area contributed by atoms with E-state index >= 15 is 0 Å². The van der Waals surface area contributed by atoms with Gasteiger partial charge in [-0.2, -0.15) is 0 Å². The van der Waals surface area contributed by atoms with Crippen molar-refractivity contribution < 1.29 is 4.74 Å². The largest absolute Gasteiger partial charge is 0.497 e. The topological polar surface area (TPSA) is 38.5 Å². The van der Waals surface area contributed by atoms with Crippen molar-refractivity contribution >= 4 is 5.69 Å². The van der Waals surface area contributed by atoms with Gasteiger partial charge in [0.05, 0.1) is 13.2 Å². The van der Waals surface area contributed by atoms with Crippen LogP contribution in [0, 0.1) is 6.92 Å². The maximum absolute atomic E-state index is 6.02. The number of nitrogens with two attached hydrogens (primary N) is 1. The van der Waals surface area contributed by atoms with Gasteiger partial charge in [-0.3, -0.25) is 0 Å². The Bertz CT molecular complexity index is 624. The van der Waals surface area contributed by atoms with Gasteiger partial charge in [0.2, 0.25) is 0 Å². The van der Waals surface area contributed by atoms with Gasteiger partial charge in [0.25, 0.3) is 0 Å². The van der Waals surface area contributed by atoms with Crippen molar-refractivity contribution in [2.24, 2.45) is 5.73 Å². The van der Waals surface area contributed by atoms with Crippen molar-refractivity contribution in [1.29, 1.82) is 0 Å². The normalized spacial score (nSPS) is 17.1. The van der Waals surface area contributed by atoms with E-state index in [1.54, 1.807) is 7.11 Å². The Morgan fingerprint density at radius 3 is 2.80 bits per heavy atom. The molecule has 3 nitrogen and oxygen atoms in total. The lowest BCUT2D eigenvalue weighted by Gasteiger charge is -2.26. The van der Waals surface area contributed by atoms with Crippen LogP contribution in [0.4, 0.5) is 5.69 Å². The molecule has 0 aliphatic carbocycles. The van der Waals surface area contributed by atoms with Crippen molar-refractivity contribution in [3.8, 4) is 5.75 Å². The molecule has 2 N–H and O–H groups in total. The summed E-state index contributed by atoms with van der Waals surface area (Å²) in [5.74, 6) is 0.881. The molecule has 1 aliphatic rings. The van der Waals surface area contributed by atoms with Gasteiger partial charge in [0.1, 0.15) is 5.75 Å². The molecule has 0 bridgehead atoms. The number of hydrogen-bond donors (Lipinski definition) is 1. The number of methoxy groups -OCH3 is 1. The lowest BCUT2D eigenvalue weighted by molar-refractivity contribution is 0.414. The fourth-order valence-electron chi connectivity index (χ4n) is 3.02. The minimum Gasteiger partial charge on any atom is -0.497 e. The van der Waals surface area contributed by atoms with Gasteiger partial charge in [-0.1, -0.05) is 24.3 Å². The van der Waals surface area contributed by atoms with Gasteiger partial charge in [-0.25, -0.2) is 0 Å². The molecule has 0 saturated heterocycles. The van der Waals surface area contributed by atoms with E-state index in [0.717, 1.165) is 18.0 Å². The first-order chi connectivity index (χ1) is 9.74. The van der Waals surface area contributed by atoms with Crippen LogP contribution in [-0.4, -0.2) is 13.7 Å². The molecule has 0 amide bonds. The third kappa shape index (κ3) is 2.04. The van der Waals surface area contributed by atoms with Crippen molar-refractivity contribution in [2.75, 3.05) is 18.6 Å². The summed E-state index contributed by atoms with van der Waals surface area (Å²) in [5, 5.41) is 0. The van der Waals surface area contributed by atoms with Crippen LogP contribution in [0.1, 0.15) is 22.7 Å². The predicted octanol–water partition coefficient (Wildman–Crippen LogP) is 3.02. The quantitative estimate of drug-likeness (QED) is 0.930. The molecule has 1 unspecified atom stereocenters. The third-order valence-corrected chi connectivity index (χ3v) is 4.12. The molecule has 0 radical (unpaired) electrons. The van der Waals surface area contributed by atoms with E-state index in [9.17, 15) is 0 Å². The highest BCUT2D eigenvalue weighted by Crippen LogP contribution is 2.39. The van der Waals surface area contributed by atoms with Crippen LogP contribution in [0.15, 0.2) is 42.5 Å². The van der Waals surface area contributed by atoms with Crippen LogP contribution in [0.5, 0.6) is 5.75 Å². The summed E-state index contributed by atoms with van der Waals surface area (Å²) in [5.41, 5.74) is 11.3. The highest BCUT2D eigenvalue weighted by molar-refractivity contribution is 5.58. The molecular formula is C17H20N2O. The van der Waals surface area contributed by atoms with E-state index in [-0.39, 0.29) is 6.04 Å². The Morgan fingerprint density at radius 1 is 1.25 bits per heavy atom. The Morgan fingerprint density at radius 2 is 2.05 bits per heavy atom. The number of anilines is 1. The van der Waals surface area contributed by atoms with Gasteiger partial charge < -0.3 is 15.4 Å². The number of nitrogens with zero attached hydrogens (tertiary/aromatic N) is 1. The first kappa shape index (κ1) is 13.0. The Labute approximate surface area is 120 Å². The summed E-state index contributed by atoms with van der Waals surface area (Å²) in [6.07, 6.45) is 0. The number of fused-ring (bicyclic) bond motifs is 1. The highest BCUT2D eigenvalue weighted by atomic mass is 16.5. The van der Waals surface area contributed by atoms with Crippen LogP contribution >= 0.6 is 0 Å². The molecular weight excluding hydrogens is 248 g/mol. The van der Waals surface area contributed by atoms with Gasteiger partial charge in [0, 0.05) is 24.8 Å². The van der Waals surface area contributed by atoms with Crippen LogP contribution < -0.4 is 15.4 Å². The Balaban J connectivity index is 2.02. The molecule has 0 fully saturated rings. The van der Waals surface area contributed by atoms with Crippen molar-refractivity contribution in [1.82, 2.24) is 0 Å². The van der Waals surface area contributed by atoms with E-state index in [2.05, 4.69) is 42.2 Å². The van der Waals surface area contributed by atoms with Crippen LogP contribution in [0.2, 0.25) is 0 Å². The summed E-state index contributed by atoms with van der Waals surface area (Å²) >= 11 is 0. The van der Waals surface area contributed by atoms with E-state index in [0.29, 0.717) is 6.54 Å². The van der Waals surface area contributed by atoms with Crippen LogP contribution in [-0.2, 0) is 6.54 Å². The molecule has 1 atom stereocenters. The third-order valence-electron chi connectivity index (χ3n) is 4.12. The Hall–Kier alpha value is -2.00. The summed E-state index contributed by atoms with van der Waals surface area (Å²) in [4.78, 5) is 2.36. The minimum absolute atomic E-state index is 0.247.